The number of fused-ring (bicyclic) bond motifs is 1. The van der Waals surface area contributed by atoms with Crippen LogP contribution in [0, 0.1) is 6.92 Å². The van der Waals surface area contributed by atoms with Gasteiger partial charge in [0.25, 0.3) is 5.91 Å². The fourth-order valence-corrected chi connectivity index (χ4v) is 4.06. The molecule has 0 aliphatic carbocycles. The number of hydrogen-bond donors (Lipinski definition) is 1. The number of piperidine rings is 1. The highest BCUT2D eigenvalue weighted by atomic mass is 16.5. The van der Waals surface area contributed by atoms with E-state index in [1.807, 2.05) is 49.4 Å². The van der Waals surface area contributed by atoms with Crippen LogP contribution in [0.5, 0.6) is 11.5 Å². The maximum atomic E-state index is 13.1. The second-order valence-electron chi connectivity index (χ2n) is 8.03. The maximum Gasteiger partial charge on any atom is 0.264 e. The maximum absolute atomic E-state index is 13.1. The number of hydrogen-bond acceptors (Lipinski definition) is 4. The third-order valence-corrected chi connectivity index (χ3v) is 5.73. The Bertz CT molecular complexity index is 925. The summed E-state index contributed by atoms with van der Waals surface area (Å²) in [5, 5.41) is 2.99. The molecule has 158 valence electrons. The van der Waals surface area contributed by atoms with E-state index in [1.54, 1.807) is 11.8 Å². The van der Waals surface area contributed by atoms with Crippen LogP contribution in [0.2, 0.25) is 0 Å². The van der Waals surface area contributed by atoms with Crippen LogP contribution in [-0.4, -0.2) is 42.0 Å². The van der Waals surface area contributed by atoms with Crippen LogP contribution in [0.4, 0.5) is 5.69 Å². The molecule has 1 fully saturated rings. The molecular formula is C24H28N2O4. The lowest BCUT2D eigenvalue weighted by Gasteiger charge is -2.36. The zero-order valence-corrected chi connectivity index (χ0v) is 17.5. The monoisotopic (exact) mass is 408 g/mol. The molecular weight excluding hydrogens is 380 g/mol. The first-order valence-corrected chi connectivity index (χ1v) is 10.6. The number of anilines is 1. The van der Waals surface area contributed by atoms with Gasteiger partial charge in [-0.15, -0.1) is 0 Å². The summed E-state index contributed by atoms with van der Waals surface area (Å²) in [6.45, 7) is 4.99. The third kappa shape index (κ3) is 4.42. The number of nitrogens with one attached hydrogen (secondary N) is 1. The number of rotatable bonds is 5. The van der Waals surface area contributed by atoms with Crippen LogP contribution in [-0.2, 0) is 16.0 Å². The van der Waals surface area contributed by atoms with E-state index < -0.39 is 12.1 Å². The van der Waals surface area contributed by atoms with Gasteiger partial charge in [0.05, 0.1) is 6.61 Å². The molecule has 2 aromatic rings. The Hall–Kier alpha value is -3.02. The van der Waals surface area contributed by atoms with Crippen molar-refractivity contribution < 1.29 is 19.1 Å². The van der Waals surface area contributed by atoms with Crippen molar-refractivity contribution in [2.75, 3.05) is 18.5 Å². The molecule has 4 rings (SSSR count). The molecule has 2 aromatic carbocycles. The molecule has 6 nitrogen and oxygen atoms in total. The van der Waals surface area contributed by atoms with Gasteiger partial charge in [-0.05, 0) is 69.0 Å². The number of carbonyl (C=O) groups excluding carboxylic acids is 2. The van der Waals surface area contributed by atoms with Gasteiger partial charge in [0.15, 0.2) is 6.10 Å². The Morgan fingerprint density at radius 1 is 1.17 bits per heavy atom. The number of likely N-dealkylation sites (tertiary alicyclic amines) is 1. The Labute approximate surface area is 177 Å². The van der Waals surface area contributed by atoms with Gasteiger partial charge in [-0.25, -0.2) is 0 Å². The lowest BCUT2D eigenvalue weighted by molar-refractivity contribution is -0.145. The highest BCUT2D eigenvalue weighted by Gasteiger charge is 2.35. The first-order chi connectivity index (χ1) is 14.5. The van der Waals surface area contributed by atoms with Crippen molar-refractivity contribution >= 4 is 17.5 Å². The molecule has 0 spiro atoms. The van der Waals surface area contributed by atoms with E-state index in [2.05, 4.69) is 5.32 Å². The van der Waals surface area contributed by atoms with Crippen molar-refractivity contribution in [3.8, 4) is 11.5 Å². The number of aryl methyl sites for hydroxylation is 1. The fraction of sp³-hybridized carbons (Fsp3) is 0.417. The van der Waals surface area contributed by atoms with E-state index >= 15 is 0 Å². The van der Waals surface area contributed by atoms with Crippen LogP contribution < -0.4 is 14.8 Å². The second kappa shape index (κ2) is 8.78. The predicted molar refractivity (Wildman–Crippen MR) is 115 cm³/mol. The summed E-state index contributed by atoms with van der Waals surface area (Å²) in [4.78, 5) is 27.8. The molecule has 2 heterocycles. The van der Waals surface area contributed by atoms with Gasteiger partial charge in [0, 0.05) is 18.7 Å². The first-order valence-electron chi connectivity index (χ1n) is 10.6. The number of ether oxygens (including phenoxy) is 2. The van der Waals surface area contributed by atoms with Crippen LogP contribution >= 0.6 is 0 Å². The van der Waals surface area contributed by atoms with E-state index in [9.17, 15) is 9.59 Å². The molecule has 1 N–H and O–H groups in total. The van der Waals surface area contributed by atoms with E-state index in [-0.39, 0.29) is 11.8 Å². The molecule has 0 aromatic heterocycles. The van der Waals surface area contributed by atoms with Crippen LogP contribution in [0.25, 0.3) is 0 Å². The summed E-state index contributed by atoms with van der Waals surface area (Å²) < 4.78 is 11.4. The minimum absolute atomic E-state index is 0.149. The lowest BCUT2D eigenvalue weighted by atomic mass is 10.0. The Morgan fingerprint density at radius 3 is 2.77 bits per heavy atom. The fourth-order valence-electron chi connectivity index (χ4n) is 4.06. The molecule has 6 heteroatoms. The normalized spacial score (nSPS) is 18.9. The minimum Gasteiger partial charge on any atom is -0.493 e. The zero-order chi connectivity index (χ0) is 21.1. The number of benzene rings is 2. The molecule has 2 aliphatic rings. The molecule has 0 bridgehead atoms. The average Bonchev–Trinajstić information content (AvgIpc) is 3.22. The largest absolute Gasteiger partial charge is 0.493 e. The van der Waals surface area contributed by atoms with Gasteiger partial charge in [-0.3, -0.25) is 9.59 Å². The van der Waals surface area contributed by atoms with Gasteiger partial charge < -0.3 is 19.7 Å². The van der Waals surface area contributed by atoms with E-state index in [4.69, 9.17) is 9.47 Å². The third-order valence-electron chi connectivity index (χ3n) is 5.73. The minimum atomic E-state index is -0.654. The van der Waals surface area contributed by atoms with Crippen molar-refractivity contribution in [1.82, 2.24) is 4.90 Å². The first kappa shape index (κ1) is 20.3. The van der Waals surface area contributed by atoms with Gasteiger partial charge in [0.1, 0.15) is 17.5 Å². The van der Waals surface area contributed by atoms with Crippen molar-refractivity contribution in [2.24, 2.45) is 0 Å². The van der Waals surface area contributed by atoms with Crippen LogP contribution in [0.1, 0.15) is 37.3 Å². The molecule has 30 heavy (non-hydrogen) atoms. The SMILES string of the molecule is Cc1ccc(O[C@H](C)C(=O)N2CCCC[C@@H]2C(=O)Nc2ccc3c(c2)CCO3)cc1. The van der Waals surface area contributed by atoms with Crippen LogP contribution in [0.15, 0.2) is 42.5 Å². The van der Waals surface area contributed by atoms with Crippen LogP contribution in [0.3, 0.4) is 0 Å². The zero-order valence-electron chi connectivity index (χ0n) is 17.5. The second-order valence-corrected chi connectivity index (χ2v) is 8.03. The highest BCUT2D eigenvalue weighted by Crippen LogP contribution is 2.28. The number of amides is 2. The smallest absolute Gasteiger partial charge is 0.264 e. The summed E-state index contributed by atoms with van der Waals surface area (Å²) in [7, 11) is 0. The molecule has 1 saturated heterocycles. The number of nitrogens with zero attached hydrogens (tertiary/aromatic N) is 1. The predicted octanol–water partition coefficient (Wildman–Crippen LogP) is 3.72. The van der Waals surface area contributed by atoms with Gasteiger partial charge in [0.2, 0.25) is 5.91 Å². The summed E-state index contributed by atoms with van der Waals surface area (Å²) in [5.74, 6) is 1.23. The summed E-state index contributed by atoms with van der Waals surface area (Å²) in [5.41, 5.74) is 2.97. The Balaban J connectivity index is 1.43. The van der Waals surface area contributed by atoms with E-state index in [0.717, 1.165) is 41.8 Å². The standard InChI is InChI=1S/C24H28N2O4/c1-16-6-9-20(10-7-16)30-17(2)24(28)26-13-4-3-5-21(26)23(27)25-19-8-11-22-18(15-19)12-14-29-22/h6-11,15,17,21H,3-5,12-14H2,1-2H3,(H,25,27)/t17-,21-/m1/s1. The van der Waals surface area contributed by atoms with Gasteiger partial charge >= 0.3 is 0 Å². The van der Waals surface area contributed by atoms with Crippen molar-refractivity contribution in [3.63, 3.8) is 0 Å². The number of carbonyl (C=O) groups is 2. The van der Waals surface area contributed by atoms with Crippen molar-refractivity contribution in [2.45, 2.75) is 51.7 Å². The summed E-state index contributed by atoms with van der Waals surface area (Å²) >= 11 is 0. The molecule has 0 unspecified atom stereocenters. The van der Waals surface area contributed by atoms with Gasteiger partial charge in [-0.2, -0.15) is 0 Å². The lowest BCUT2D eigenvalue weighted by Crippen LogP contribution is -2.53. The molecule has 2 aliphatic heterocycles. The van der Waals surface area contributed by atoms with Crippen molar-refractivity contribution in [1.29, 1.82) is 0 Å². The highest BCUT2D eigenvalue weighted by molar-refractivity contribution is 5.98. The molecule has 2 amide bonds. The van der Waals surface area contributed by atoms with Gasteiger partial charge in [-0.1, -0.05) is 17.7 Å². The summed E-state index contributed by atoms with van der Waals surface area (Å²) in [6.07, 6.45) is 2.66. The quantitative estimate of drug-likeness (QED) is 0.819. The molecule has 0 radical (unpaired) electrons. The van der Waals surface area contributed by atoms with Crippen molar-refractivity contribution in [3.05, 3.63) is 53.6 Å². The van der Waals surface area contributed by atoms with E-state index in [0.29, 0.717) is 25.3 Å². The Morgan fingerprint density at radius 2 is 1.97 bits per heavy atom. The topological polar surface area (TPSA) is 67.9 Å². The summed E-state index contributed by atoms with van der Waals surface area (Å²) in [6, 6.07) is 12.8. The Kier molecular flexibility index (Phi) is 5.93. The molecule has 0 saturated carbocycles. The molecule has 2 atom stereocenters. The average molecular weight is 408 g/mol. The van der Waals surface area contributed by atoms with E-state index in [1.165, 1.54) is 0 Å².